The molecule has 0 bridgehead atoms. The number of nitrogens with two attached hydrogens (primary N) is 1. The fraction of sp³-hybridized carbons (Fsp3) is 0.833. The van der Waals surface area contributed by atoms with Crippen LogP contribution in [0.2, 0.25) is 6.32 Å². The minimum atomic E-state index is -1.53. The molecule has 0 aromatic carbocycles. The Kier molecular flexibility index (Phi) is 14.1. The van der Waals surface area contributed by atoms with Crippen molar-refractivity contribution in [2.75, 3.05) is 6.54 Å². The Balaban J connectivity index is 0.00000410. The number of alkyl carbamates (subject to hydrolysis) is 1. The van der Waals surface area contributed by atoms with Gasteiger partial charge in [-0.3, -0.25) is 9.59 Å². The lowest BCUT2D eigenvalue weighted by molar-refractivity contribution is -0.191. The highest BCUT2D eigenvalue weighted by Gasteiger charge is 2.47. The molecule has 0 aromatic heterocycles. The molecule has 0 aromatic rings. The topological polar surface area (TPSA) is 205 Å². The van der Waals surface area contributed by atoms with Crippen LogP contribution in [0.15, 0.2) is 0 Å². The first-order valence-electron chi connectivity index (χ1n) is 12.5. The van der Waals surface area contributed by atoms with Crippen LogP contribution in [0, 0.1) is 17.3 Å². The molecule has 4 atom stereocenters. The molecular formula is C24H44BN3O9. The van der Waals surface area contributed by atoms with Crippen molar-refractivity contribution in [2.45, 2.75) is 104 Å². The van der Waals surface area contributed by atoms with E-state index >= 15 is 0 Å². The van der Waals surface area contributed by atoms with Crippen molar-refractivity contribution in [3.8, 4) is 0 Å². The fourth-order valence-corrected chi connectivity index (χ4v) is 4.26. The minimum absolute atomic E-state index is 0.0387. The lowest BCUT2D eigenvalue weighted by atomic mass is 9.66. The van der Waals surface area contributed by atoms with E-state index in [4.69, 9.17) is 30.1 Å². The van der Waals surface area contributed by atoms with Gasteiger partial charge in [-0.05, 0) is 70.5 Å². The van der Waals surface area contributed by atoms with E-state index in [0.29, 0.717) is 32.1 Å². The van der Waals surface area contributed by atoms with E-state index in [9.17, 15) is 19.5 Å². The first-order valence-corrected chi connectivity index (χ1v) is 12.5. The van der Waals surface area contributed by atoms with E-state index in [1.54, 1.807) is 20.8 Å². The number of carbonyl (C=O) groups excluding carboxylic acids is 4. The van der Waals surface area contributed by atoms with Crippen LogP contribution in [0.5, 0.6) is 0 Å². The van der Waals surface area contributed by atoms with Gasteiger partial charge < -0.3 is 36.3 Å². The van der Waals surface area contributed by atoms with Crippen molar-refractivity contribution in [1.29, 1.82) is 0 Å². The summed E-state index contributed by atoms with van der Waals surface area (Å²) in [5, 5.41) is 33.5. The van der Waals surface area contributed by atoms with Gasteiger partial charge in [0.25, 0.3) is 0 Å². The molecule has 0 saturated heterocycles. The average molecular weight is 529 g/mol. The molecule has 1 aliphatic rings. The van der Waals surface area contributed by atoms with Gasteiger partial charge >= 0.3 is 25.3 Å². The third kappa shape index (κ3) is 14.2. The van der Waals surface area contributed by atoms with E-state index in [1.807, 2.05) is 20.8 Å². The number of carbonyl (C=O) groups is 3. The second-order valence-electron chi connectivity index (χ2n) is 11.9. The van der Waals surface area contributed by atoms with Crippen molar-refractivity contribution >= 4 is 31.2 Å². The summed E-state index contributed by atoms with van der Waals surface area (Å²) >= 11 is 0. The molecule has 37 heavy (non-hydrogen) atoms. The van der Waals surface area contributed by atoms with Gasteiger partial charge in [0.15, 0.2) is 0 Å². The fourth-order valence-electron chi connectivity index (χ4n) is 4.26. The Labute approximate surface area is 219 Å². The Hall–Kier alpha value is -2.47. The summed E-state index contributed by atoms with van der Waals surface area (Å²) < 4.78 is 5.30. The highest BCUT2D eigenvalue weighted by molar-refractivity contribution is 6.40. The van der Waals surface area contributed by atoms with E-state index in [2.05, 4.69) is 10.6 Å². The molecular weight excluding hydrogens is 485 g/mol. The van der Waals surface area contributed by atoms with Gasteiger partial charge in [0.1, 0.15) is 17.2 Å². The molecule has 0 unspecified atom stereocenters. The Bertz CT molecular complexity index is 789. The molecule has 12 nitrogen and oxygen atoms in total. The number of rotatable bonds is 10. The van der Waals surface area contributed by atoms with Crippen LogP contribution in [-0.4, -0.2) is 70.1 Å². The van der Waals surface area contributed by atoms with E-state index in [1.165, 1.54) is 0 Å². The standard InChI is InChI=1S/C23H44BN3O7.CO2/c1-21(2,3)11-9-17(27-20(31)34-22(4,5)6)18(28)26-14-16-8-7-15(10-12-24(32)33)13-23(16,25)19(29)30;2-1-3/h15-17,32-33H,7-14,25H2,1-6H3,(H,26,28)(H,27,31)(H,29,30);/t15-,16-,17-,23+;/m0./s1. The number of hydrogen-bond donors (Lipinski definition) is 6. The van der Waals surface area contributed by atoms with E-state index in [0.717, 1.165) is 0 Å². The second-order valence-corrected chi connectivity index (χ2v) is 11.9. The van der Waals surface area contributed by atoms with Gasteiger partial charge in [0.2, 0.25) is 5.91 Å². The first kappa shape index (κ1) is 34.5. The van der Waals surface area contributed by atoms with Crippen molar-refractivity contribution in [2.24, 2.45) is 23.0 Å². The van der Waals surface area contributed by atoms with E-state index < -0.39 is 48.2 Å². The summed E-state index contributed by atoms with van der Waals surface area (Å²) in [5.74, 6) is -2.08. The number of carboxylic acid groups (broad SMARTS) is 1. The zero-order valence-electron chi connectivity index (χ0n) is 22.8. The maximum Gasteiger partial charge on any atom is 0.451 e. The number of carboxylic acids is 1. The minimum Gasteiger partial charge on any atom is -0.480 e. The van der Waals surface area contributed by atoms with Gasteiger partial charge in [0.05, 0.1) is 0 Å². The first-order chi connectivity index (χ1) is 16.8. The maximum atomic E-state index is 13.0. The van der Waals surface area contributed by atoms with Gasteiger partial charge in [-0.15, -0.1) is 0 Å². The summed E-state index contributed by atoms with van der Waals surface area (Å²) in [6, 6.07) is -0.826. The zero-order chi connectivity index (χ0) is 29.0. The summed E-state index contributed by atoms with van der Waals surface area (Å²) in [6.07, 6.45) is 2.64. The van der Waals surface area contributed by atoms with Crippen LogP contribution in [0.3, 0.4) is 0 Å². The van der Waals surface area contributed by atoms with Crippen LogP contribution in [0.25, 0.3) is 0 Å². The molecule has 0 aliphatic heterocycles. The van der Waals surface area contributed by atoms with Gasteiger partial charge in [-0.25, -0.2) is 4.79 Å². The number of nitrogens with one attached hydrogen (secondary N) is 2. The van der Waals surface area contributed by atoms with Gasteiger partial charge in [-0.1, -0.05) is 27.2 Å². The van der Waals surface area contributed by atoms with Gasteiger partial charge in [-0.2, -0.15) is 9.59 Å². The van der Waals surface area contributed by atoms with Crippen LogP contribution in [-0.2, 0) is 23.9 Å². The normalized spacial score (nSPS) is 22.4. The number of ether oxygens (including phenoxy) is 1. The molecule has 0 spiro atoms. The zero-order valence-corrected chi connectivity index (χ0v) is 22.8. The van der Waals surface area contributed by atoms with Gasteiger partial charge in [0, 0.05) is 12.5 Å². The molecule has 1 fully saturated rings. The van der Waals surface area contributed by atoms with Crippen molar-refractivity contribution in [3.63, 3.8) is 0 Å². The molecule has 1 rings (SSSR count). The van der Waals surface area contributed by atoms with Crippen molar-refractivity contribution in [3.05, 3.63) is 0 Å². The molecule has 1 aliphatic carbocycles. The molecule has 2 amide bonds. The number of hydrogen-bond acceptors (Lipinski definition) is 9. The molecule has 212 valence electrons. The molecule has 13 heteroatoms. The second kappa shape index (κ2) is 15.1. The summed E-state index contributed by atoms with van der Waals surface area (Å²) in [7, 11) is -1.43. The Morgan fingerprint density at radius 3 is 2.16 bits per heavy atom. The molecule has 0 heterocycles. The molecule has 1 saturated carbocycles. The number of aliphatic carboxylic acids is 1. The average Bonchev–Trinajstić information content (AvgIpc) is 2.72. The van der Waals surface area contributed by atoms with Crippen molar-refractivity contribution < 1.29 is 43.9 Å². The summed E-state index contributed by atoms with van der Waals surface area (Å²) in [4.78, 5) is 53.6. The Morgan fingerprint density at radius 1 is 1.14 bits per heavy atom. The van der Waals surface area contributed by atoms with Crippen LogP contribution >= 0.6 is 0 Å². The molecule has 0 radical (unpaired) electrons. The smallest absolute Gasteiger partial charge is 0.451 e. The van der Waals surface area contributed by atoms with Crippen LogP contribution < -0.4 is 16.4 Å². The highest BCUT2D eigenvalue weighted by atomic mass is 16.6. The van der Waals surface area contributed by atoms with Crippen LogP contribution in [0.4, 0.5) is 4.79 Å². The maximum absolute atomic E-state index is 13.0. The van der Waals surface area contributed by atoms with Crippen LogP contribution in [0.1, 0.15) is 80.1 Å². The third-order valence-electron chi connectivity index (χ3n) is 6.22. The predicted octanol–water partition coefficient (Wildman–Crippen LogP) is 1.30. The predicted molar refractivity (Wildman–Crippen MR) is 135 cm³/mol. The number of amides is 2. The van der Waals surface area contributed by atoms with E-state index in [-0.39, 0.29) is 36.8 Å². The largest absolute Gasteiger partial charge is 0.480 e. The molecule has 7 N–H and O–H groups in total. The lowest BCUT2D eigenvalue weighted by Crippen LogP contribution is -2.60. The Morgan fingerprint density at radius 2 is 1.70 bits per heavy atom. The SMILES string of the molecule is CC(C)(C)CC[C@H](NC(=O)OC(C)(C)C)C(=O)NC[C@@H]1CC[C@@H](CCB(O)O)C[C@]1(N)C(=O)O.O=C=O. The van der Waals surface area contributed by atoms with Crippen molar-refractivity contribution in [1.82, 2.24) is 10.6 Å². The third-order valence-corrected chi connectivity index (χ3v) is 6.22. The highest BCUT2D eigenvalue weighted by Crippen LogP contribution is 2.38. The summed E-state index contributed by atoms with van der Waals surface area (Å²) in [6.45, 7) is 11.4. The monoisotopic (exact) mass is 529 g/mol. The lowest BCUT2D eigenvalue weighted by Gasteiger charge is -2.41. The quantitative estimate of drug-likeness (QED) is 0.224. The summed E-state index contributed by atoms with van der Waals surface area (Å²) in [5.41, 5.74) is 4.01.